The van der Waals surface area contributed by atoms with Gasteiger partial charge in [-0.3, -0.25) is 0 Å². The van der Waals surface area contributed by atoms with E-state index in [4.69, 9.17) is 16.3 Å². The second-order valence-corrected chi connectivity index (χ2v) is 5.65. The fourth-order valence-corrected chi connectivity index (χ4v) is 2.44. The number of anilines is 2. The lowest BCUT2D eigenvalue weighted by Crippen LogP contribution is -2.28. The van der Waals surface area contributed by atoms with Crippen LogP contribution in [0.1, 0.15) is 30.7 Å². The Hall–Kier alpha value is -1.76. The largest absolute Gasteiger partial charge is 0.396 e. The number of nitrogens with zero attached hydrogens (tertiary/aromatic N) is 3. The Morgan fingerprint density at radius 1 is 1.37 bits per heavy atom. The van der Waals surface area contributed by atoms with Crippen molar-refractivity contribution in [1.29, 1.82) is 10.5 Å². The van der Waals surface area contributed by atoms with Crippen LogP contribution >= 0.6 is 11.3 Å². The fraction of sp³-hybridized carbons (Fsp3) is 0.538. The first-order chi connectivity index (χ1) is 9.01. The lowest BCUT2D eigenvalue weighted by Gasteiger charge is -2.20. The molecule has 0 aliphatic carbocycles. The molecule has 1 aromatic heterocycles. The van der Waals surface area contributed by atoms with E-state index in [1.54, 1.807) is 0 Å². The van der Waals surface area contributed by atoms with Gasteiger partial charge in [-0.25, -0.2) is 0 Å². The number of hydrogen-bond donors (Lipinski definition) is 2. The summed E-state index contributed by atoms with van der Waals surface area (Å²) in [4.78, 5) is 2.66. The minimum absolute atomic E-state index is 0.289. The van der Waals surface area contributed by atoms with Crippen LogP contribution in [0.3, 0.4) is 0 Å². The molecule has 0 aromatic carbocycles. The summed E-state index contributed by atoms with van der Waals surface area (Å²) in [5.41, 5.74) is 6.41. The van der Waals surface area contributed by atoms with Crippen LogP contribution in [0.5, 0.6) is 0 Å². The molecule has 0 aliphatic heterocycles. The van der Waals surface area contributed by atoms with Gasteiger partial charge >= 0.3 is 0 Å². The first-order valence-corrected chi connectivity index (χ1v) is 6.99. The van der Waals surface area contributed by atoms with E-state index in [1.807, 2.05) is 12.1 Å². The Morgan fingerprint density at radius 3 is 2.58 bits per heavy atom. The van der Waals surface area contributed by atoms with Crippen LogP contribution in [0, 0.1) is 22.7 Å². The maximum Gasteiger partial charge on any atom is 0.131 e. The third kappa shape index (κ3) is 3.85. The normalized spacial score (nSPS) is 10.5. The van der Waals surface area contributed by atoms with Gasteiger partial charge in [-0.05, 0) is 33.9 Å². The fourth-order valence-electron chi connectivity index (χ4n) is 1.55. The van der Waals surface area contributed by atoms with Crippen LogP contribution in [0.15, 0.2) is 0 Å². The van der Waals surface area contributed by atoms with Gasteiger partial charge < -0.3 is 16.0 Å². The molecule has 5 nitrogen and oxygen atoms in total. The van der Waals surface area contributed by atoms with Crippen LogP contribution in [0.25, 0.3) is 0 Å². The highest BCUT2D eigenvalue weighted by atomic mass is 32.1. The second-order valence-electron chi connectivity index (χ2n) is 4.63. The van der Waals surface area contributed by atoms with Gasteiger partial charge in [0.15, 0.2) is 0 Å². The zero-order valence-electron chi connectivity index (χ0n) is 11.5. The first kappa shape index (κ1) is 15.3. The summed E-state index contributed by atoms with van der Waals surface area (Å²) >= 11 is 1.24. The number of nitrogens with two attached hydrogens (primary N) is 1. The van der Waals surface area contributed by atoms with Crippen molar-refractivity contribution in [2.24, 2.45) is 0 Å². The topological polar surface area (TPSA) is 88.9 Å². The highest BCUT2D eigenvalue weighted by Crippen LogP contribution is 2.34. The lowest BCUT2D eigenvalue weighted by molar-refractivity contribution is 0.273. The van der Waals surface area contributed by atoms with E-state index in [1.165, 1.54) is 11.3 Å². The zero-order valence-corrected chi connectivity index (χ0v) is 12.3. The van der Waals surface area contributed by atoms with Crippen LogP contribution in [-0.2, 0) is 0 Å². The van der Waals surface area contributed by atoms with Gasteiger partial charge in [-0.1, -0.05) is 0 Å². The van der Waals surface area contributed by atoms with Gasteiger partial charge in [0, 0.05) is 12.6 Å². The Labute approximate surface area is 118 Å². The van der Waals surface area contributed by atoms with Crippen molar-refractivity contribution in [2.45, 2.75) is 26.3 Å². The van der Waals surface area contributed by atoms with Crippen molar-refractivity contribution < 1.29 is 0 Å². The van der Waals surface area contributed by atoms with Crippen molar-refractivity contribution in [3.63, 3.8) is 0 Å². The molecule has 19 heavy (non-hydrogen) atoms. The summed E-state index contributed by atoms with van der Waals surface area (Å²) in [5, 5.41) is 21.8. The van der Waals surface area contributed by atoms with E-state index >= 15 is 0 Å². The number of hydrogen-bond acceptors (Lipinski definition) is 6. The van der Waals surface area contributed by atoms with Gasteiger partial charge in [-0.2, -0.15) is 10.5 Å². The van der Waals surface area contributed by atoms with Crippen molar-refractivity contribution in [1.82, 2.24) is 4.90 Å². The van der Waals surface area contributed by atoms with E-state index in [0.717, 1.165) is 19.5 Å². The van der Waals surface area contributed by atoms with Crippen molar-refractivity contribution in [3.05, 3.63) is 10.4 Å². The van der Waals surface area contributed by atoms with Gasteiger partial charge in [0.2, 0.25) is 0 Å². The zero-order chi connectivity index (χ0) is 14.4. The van der Waals surface area contributed by atoms with Crippen molar-refractivity contribution in [3.8, 4) is 12.1 Å². The molecule has 0 spiro atoms. The molecular weight excluding hydrogens is 258 g/mol. The molecule has 102 valence electrons. The number of nitrogen functional groups attached to an aromatic ring is 1. The molecule has 0 amide bonds. The molecule has 6 heteroatoms. The second kappa shape index (κ2) is 6.98. The predicted octanol–water partition coefficient (Wildman–Crippen LogP) is 2.22. The Bertz CT molecular complexity index is 506. The summed E-state index contributed by atoms with van der Waals surface area (Å²) in [7, 11) is 2.09. The molecule has 0 bridgehead atoms. The molecule has 0 saturated heterocycles. The van der Waals surface area contributed by atoms with E-state index < -0.39 is 0 Å². The highest BCUT2D eigenvalue weighted by Gasteiger charge is 2.15. The number of nitriles is 2. The van der Waals surface area contributed by atoms with Gasteiger partial charge in [0.25, 0.3) is 0 Å². The quantitative estimate of drug-likeness (QED) is 0.778. The number of rotatable bonds is 6. The van der Waals surface area contributed by atoms with Crippen LogP contribution in [-0.4, -0.2) is 31.1 Å². The minimum Gasteiger partial charge on any atom is -0.396 e. The molecule has 0 saturated carbocycles. The van der Waals surface area contributed by atoms with Gasteiger partial charge in [-0.15, -0.1) is 11.3 Å². The Balaban J connectivity index is 2.55. The maximum atomic E-state index is 9.04. The van der Waals surface area contributed by atoms with Gasteiger partial charge in [0.1, 0.15) is 27.6 Å². The Morgan fingerprint density at radius 2 is 2.05 bits per heavy atom. The number of nitrogens with one attached hydrogen (secondary N) is 1. The summed E-state index contributed by atoms with van der Waals surface area (Å²) in [6.45, 7) is 6.05. The highest BCUT2D eigenvalue weighted by molar-refractivity contribution is 7.17. The monoisotopic (exact) mass is 277 g/mol. The van der Waals surface area contributed by atoms with E-state index in [0.29, 0.717) is 21.5 Å². The van der Waals surface area contributed by atoms with Crippen molar-refractivity contribution in [2.75, 3.05) is 31.2 Å². The molecule has 1 heterocycles. The van der Waals surface area contributed by atoms with Crippen LogP contribution in [0.4, 0.5) is 10.7 Å². The molecule has 0 fully saturated rings. The predicted molar refractivity (Wildman–Crippen MR) is 79.0 cm³/mol. The lowest BCUT2D eigenvalue weighted by atomic mass is 10.2. The van der Waals surface area contributed by atoms with Crippen molar-refractivity contribution >= 4 is 22.0 Å². The summed E-state index contributed by atoms with van der Waals surface area (Å²) < 4.78 is 0. The average Bonchev–Trinajstić information content (AvgIpc) is 2.69. The number of thiophene rings is 1. The molecule has 3 N–H and O–H groups in total. The van der Waals surface area contributed by atoms with E-state index in [-0.39, 0.29) is 5.69 Å². The average molecular weight is 277 g/mol. The van der Waals surface area contributed by atoms with Gasteiger partial charge in [0.05, 0.1) is 5.69 Å². The SMILES string of the molecule is CC(C)N(C)CCCNc1sc(C#N)c(N)c1C#N. The first-order valence-electron chi connectivity index (χ1n) is 6.17. The van der Waals surface area contributed by atoms with Crippen LogP contribution in [0.2, 0.25) is 0 Å². The van der Waals surface area contributed by atoms with E-state index in [2.05, 4.69) is 31.1 Å². The smallest absolute Gasteiger partial charge is 0.131 e. The summed E-state index contributed by atoms with van der Waals surface area (Å²) in [6, 6.07) is 4.58. The molecule has 0 radical (unpaired) electrons. The molecule has 0 atom stereocenters. The third-order valence-electron chi connectivity index (χ3n) is 3.01. The molecule has 1 aromatic rings. The third-order valence-corrected chi connectivity index (χ3v) is 4.08. The molecule has 1 rings (SSSR count). The summed E-state index contributed by atoms with van der Waals surface area (Å²) in [5.74, 6) is 0. The maximum absolute atomic E-state index is 9.04. The minimum atomic E-state index is 0.289. The summed E-state index contributed by atoms with van der Waals surface area (Å²) in [6.07, 6.45) is 0.971. The molecule has 0 unspecified atom stereocenters. The molecular formula is C13H19N5S. The van der Waals surface area contributed by atoms with E-state index in [9.17, 15) is 0 Å². The Kier molecular flexibility index (Phi) is 5.62. The van der Waals surface area contributed by atoms with Crippen LogP contribution < -0.4 is 11.1 Å². The standard InChI is InChI=1S/C13H19N5S/c1-9(2)18(3)6-4-5-17-13-10(7-14)12(16)11(8-15)19-13/h9,17H,4-6,16H2,1-3H3. The molecule has 0 aliphatic rings.